The predicted octanol–water partition coefficient (Wildman–Crippen LogP) is 6.32. The van der Waals surface area contributed by atoms with Gasteiger partial charge in [-0.2, -0.15) is 0 Å². The van der Waals surface area contributed by atoms with Crippen molar-refractivity contribution in [3.63, 3.8) is 0 Å². The SMILES string of the molecule is Cc1ccc(N2C(=O)C(=Cc3ccc(-c4ccc(Cl)c(C(=O)O)c4)o3)SC2=S)c(C)c1. The van der Waals surface area contributed by atoms with Crippen molar-refractivity contribution in [3.05, 3.63) is 80.9 Å². The molecule has 1 saturated heterocycles. The Bertz CT molecular complexity index is 1280. The molecule has 2 heterocycles. The maximum absolute atomic E-state index is 13.0. The summed E-state index contributed by atoms with van der Waals surface area (Å²) in [6.07, 6.45) is 1.64. The quantitative estimate of drug-likeness (QED) is 0.356. The smallest absolute Gasteiger partial charge is 0.337 e. The fraction of sp³-hybridized carbons (Fsp3) is 0.0870. The van der Waals surface area contributed by atoms with Gasteiger partial charge in [0.25, 0.3) is 5.91 Å². The molecule has 0 aliphatic carbocycles. The van der Waals surface area contributed by atoms with Crippen molar-refractivity contribution in [2.45, 2.75) is 13.8 Å². The summed E-state index contributed by atoms with van der Waals surface area (Å²) in [5.74, 6) is -0.397. The monoisotopic (exact) mass is 469 g/mol. The Morgan fingerprint density at radius 3 is 2.65 bits per heavy atom. The molecule has 156 valence electrons. The molecule has 1 fully saturated rings. The number of carbonyl (C=O) groups excluding carboxylic acids is 1. The fourth-order valence-corrected chi connectivity index (χ4v) is 4.75. The molecule has 31 heavy (non-hydrogen) atoms. The van der Waals surface area contributed by atoms with Gasteiger partial charge in [0.15, 0.2) is 4.32 Å². The maximum Gasteiger partial charge on any atom is 0.337 e. The van der Waals surface area contributed by atoms with Gasteiger partial charge in [0.05, 0.1) is 21.2 Å². The topological polar surface area (TPSA) is 70.8 Å². The lowest BCUT2D eigenvalue weighted by molar-refractivity contribution is -0.113. The molecule has 5 nitrogen and oxygen atoms in total. The number of benzene rings is 2. The average molecular weight is 470 g/mol. The molecule has 0 atom stereocenters. The molecule has 8 heteroatoms. The second kappa shape index (κ2) is 8.34. The summed E-state index contributed by atoms with van der Waals surface area (Å²) in [4.78, 5) is 26.3. The van der Waals surface area contributed by atoms with Gasteiger partial charge < -0.3 is 9.52 Å². The highest BCUT2D eigenvalue weighted by Crippen LogP contribution is 2.38. The minimum atomic E-state index is -1.12. The third kappa shape index (κ3) is 4.17. The number of thiocarbonyl (C=S) groups is 1. The first-order valence-corrected chi connectivity index (χ1v) is 10.8. The molecule has 1 aromatic heterocycles. The highest BCUT2D eigenvalue weighted by Gasteiger charge is 2.34. The van der Waals surface area contributed by atoms with E-state index in [2.05, 4.69) is 0 Å². The Hall–Kier alpha value is -2.87. The van der Waals surface area contributed by atoms with Crippen molar-refractivity contribution in [2.75, 3.05) is 4.90 Å². The summed E-state index contributed by atoms with van der Waals surface area (Å²) in [5, 5.41) is 9.41. The van der Waals surface area contributed by atoms with Crippen LogP contribution in [-0.4, -0.2) is 21.3 Å². The van der Waals surface area contributed by atoms with E-state index in [0.29, 0.717) is 26.3 Å². The lowest BCUT2D eigenvalue weighted by atomic mass is 10.1. The molecule has 0 saturated carbocycles. The number of hydrogen-bond acceptors (Lipinski definition) is 5. The van der Waals surface area contributed by atoms with Crippen molar-refractivity contribution in [1.82, 2.24) is 0 Å². The van der Waals surface area contributed by atoms with Gasteiger partial charge >= 0.3 is 5.97 Å². The molecule has 2 aromatic carbocycles. The van der Waals surface area contributed by atoms with E-state index in [1.807, 2.05) is 32.0 Å². The van der Waals surface area contributed by atoms with Crippen LogP contribution in [0.4, 0.5) is 5.69 Å². The minimum absolute atomic E-state index is 0.00791. The Morgan fingerprint density at radius 2 is 1.94 bits per heavy atom. The number of rotatable bonds is 4. The van der Waals surface area contributed by atoms with Crippen LogP contribution in [0, 0.1) is 13.8 Å². The molecule has 4 rings (SSSR count). The summed E-state index contributed by atoms with van der Waals surface area (Å²) >= 11 is 12.6. The van der Waals surface area contributed by atoms with Gasteiger partial charge in [-0.25, -0.2) is 4.79 Å². The van der Waals surface area contributed by atoms with Crippen LogP contribution >= 0.6 is 35.6 Å². The molecule has 0 radical (unpaired) electrons. The molecule has 1 aliphatic heterocycles. The molecular formula is C23H16ClNO4S2. The second-order valence-electron chi connectivity index (χ2n) is 7.01. The van der Waals surface area contributed by atoms with Gasteiger partial charge in [-0.05, 0) is 55.8 Å². The molecule has 1 aliphatic rings. The van der Waals surface area contributed by atoms with Crippen molar-refractivity contribution in [1.29, 1.82) is 0 Å². The number of nitrogens with zero attached hydrogens (tertiary/aromatic N) is 1. The zero-order chi connectivity index (χ0) is 22.3. The number of aromatic carboxylic acids is 1. The summed E-state index contributed by atoms with van der Waals surface area (Å²) in [7, 11) is 0. The van der Waals surface area contributed by atoms with Crippen LogP contribution in [0.15, 0.2) is 57.9 Å². The first kappa shape index (κ1) is 21.4. The molecule has 0 spiro atoms. The van der Waals surface area contributed by atoms with E-state index in [9.17, 15) is 14.7 Å². The molecule has 0 bridgehead atoms. The third-order valence-electron chi connectivity index (χ3n) is 4.77. The van der Waals surface area contributed by atoms with E-state index < -0.39 is 5.97 Å². The van der Waals surface area contributed by atoms with Crippen molar-refractivity contribution in [3.8, 4) is 11.3 Å². The number of anilines is 1. The first-order valence-electron chi connectivity index (χ1n) is 9.23. The van der Waals surface area contributed by atoms with E-state index in [4.69, 9.17) is 28.2 Å². The van der Waals surface area contributed by atoms with Crippen LogP contribution in [0.3, 0.4) is 0 Å². The van der Waals surface area contributed by atoms with Gasteiger partial charge in [0.1, 0.15) is 11.5 Å². The molecule has 1 N–H and O–H groups in total. The van der Waals surface area contributed by atoms with Gasteiger partial charge in [-0.1, -0.05) is 53.3 Å². The van der Waals surface area contributed by atoms with Gasteiger partial charge in [0.2, 0.25) is 0 Å². The molecule has 0 unspecified atom stereocenters. The van der Waals surface area contributed by atoms with Gasteiger partial charge in [-0.3, -0.25) is 9.69 Å². The first-order chi connectivity index (χ1) is 14.7. The number of amides is 1. The molecule has 1 amide bonds. The Kier molecular flexibility index (Phi) is 5.75. The third-order valence-corrected chi connectivity index (χ3v) is 6.40. The summed E-state index contributed by atoms with van der Waals surface area (Å²) < 4.78 is 6.29. The number of carbonyl (C=O) groups is 2. The van der Waals surface area contributed by atoms with Crippen molar-refractivity contribution < 1.29 is 19.1 Å². The largest absolute Gasteiger partial charge is 0.478 e. The highest BCUT2D eigenvalue weighted by molar-refractivity contribution is 8.27. The summed E-state index contributed by atoms with van der Waals surface area (Å²) in [5.41, 5.74) is 3.41. The molecule has 3 aromatic rings. The van der Waals surface area contributed by atoms with E-state index in [1.54, 1.807) is 24.3 Å². The zero-order valence-corrected chi connectivity index (χ0v) is 18.9. The number of carboxylic acid groups (broad SMARTS) is 1. The van der Waals surface area contributed by atoms with E-state index in [0.717, 1.165) is 16.8 Å². The Morgan fingerprint density at radius 1 is 1.16 bits per heavy atom. The van der Waals surface area contributed by atoms with Crippen molar-refractivity contribution in [2.24, 2.45) is 0 Å². The fourth-order valence-electron chi connectivity index (χ4n) is 3.29. The average Bonchev–Trinajstić information content (AvgIpc) is 3.28. The number of aryl methyl sites for hydroxylation is 2. The van der Waals surface area contributed by atoms with Crippen LogP contribution in [0.5, 0.6) is 0 Å². The zero-order valence-electron chi connectivity index (χ0n) is 16.5. The number of furan rings is 1. The van der Waals surface area contributed by atoms with E-state index in [-0.39, 0.29) is 16.5 Å². The number of thioether (sulfide) groups is 1. The van der Waals surface area contributed by atoms with Gasteiger partial charge in [-0.15, -0.1) is 0 Å². The van der Waals surface area contributed by atoms with Gasteiger partial charge in [0, 0.05) is 11.6 Å². The number of halogens is 1. The van der Waals surface area contributed by atoms with Crippen LogP contribution < -0.4 is 4.90 Å². The highest BCUT2D eigenvalue weighted by atomic mass is 35.5. The lowest BCUT2D eigenvalue weighted by Gasteiger charge is -2.17. The summed E-state index contributed by atoms with van der Waals surface area (Å²) in [6, 6.07) is 13.9. The summed E-state index contributed by atoms with van der Waals surface area (Å²) in [6.45, 7) is 3.94. The van der Waals surface area contributed by atoms with E-state index >= 15 is 0 Å². The predicted molar refractivity (Wildman–Crippen MR) is 128 cm³/mol. The Labute approximate surface area is 193 Å². The van der Waals surface area contributed by atoms with Crippen LogP contribution in [0.1, 0.15) is 27.2 Å². The normalized spacial score (nSPS) is 15.2. The lowest BCUT2D eigenvalue weighted by Crippen LogP contribution is -2.28. The minimum Gasteiger partial charge on any atom is -0.478 e. The van der Waals surface area contributed by atoms with Crippen LogP contribution in [-0.2, 0) is 4.79 Å². The second-order valence-corrected chi connectivity index (χ2v) is 9.09. The van der Waals surface area contributed by atoms with Crippen LogP contribution in [0.2, 0.25) is 5.02 Å². The molecular weight excluding hydrogens is 454 g/mol. The van der Waals surface area contributed by atoms with Crippen molar-refractivity contribution >= 4 is 63.5 Å². The Balaban J connectivity index is 1.63. The maximum atomic E-state index is 13.0. The standard InChI is InChI=1S/C23H16ClNO4S2/c1-12-3-7-18(13(2)9-12)25-21(26)20(31-23(25)30)11-15-5-8-19(29-15)14-4-6-17(24)16(10-14)22(27)28/h3-11H,1-2H3,(H,27,28). The van der Waals surface area contributed by atoms with E-state index in [1.165, 1.54) is 28.8 Å². The van der Waals surface area contributed by atoms with Crippen LogP contribution in [0.25, 0.3) is 17.4 Å². The number of hydrogen-bond donors (Lipinski definition) is 1. The number of carboxylic acids is 1.